The summed E-state index contributed by atoms with van der Waals surface area (Å²) in [6.45, 7) is 7.27. The van der Waals surface area contributed by atoms with E-state index < -0.39 is 35.9 Å². The fourth-order valence-corrected chi connectivity index (χ4v) is 2.88. The lowest BCUT2D eigenvalue weighted by molar-refractivity contribution is -0.160. The monoisotopic (exact) mass is 407 g/mol. The average Bonchev–Trinajstić information content (AvgIpc) is 2.71. The van der Waals surface area contributed by atoms with E-state index in [0.29, 0.717) is 18.4 Å². The topological polar surface area (TPSA) is 147 Å². The van der Waals surface area contributed by atoms with Crippen LogP contribution in [0, 0.1) is 11.8 Å². The maximum atomic E-state index is 13.1. The molecule has 2 amide bonds. The number of phenolic OH excluding ortho intramolecular Hbond substituents is 1. The van der Waals surface area contributed by atoms with E-state index >= 15 is 0 Å². The summed E-state index contributed by atoms with van der Waals surface area (Å²) in [6, 6.07) is 2.42. The van der Waals surface area contributed by atoms with E-state index in [2.05, 4.69) is 0 Å². The number of imide groups is 1. The van der Waals surface area contributed by atoms with Crippen LogP contribution in [0.15, 0.2) is 24.3 Å². The van der Waals surface area contributed by atoms with E-state index in [9.17, 15) is 24.6 Å². The largest absolute Gasteiger partial charge is 0.508 e. The third kappa shape index (κ3) is 6.27. The van der Waals surface area contributed by atoms with Gasteiger partial charge < -0.3 is 21.7 Å². The highest BCUT2D eigenvalue weighted by atomic mass is 16.4. The molecule has 0 aliphatic carbocycles. The van der Waals surface area contributed by atoms with Crippen LogP contribution in [-0.2, 0) is 20.8 Å². The first kappa shape index (κ1) is 24.6. The molecule has 1 aromatic rings. The molecule has 0 saturated carbocycles. The number of benzene rings is 1. The summed E-state index contributed by atoms with van der Waals surface area (Å²) in [6.07, 6.45) is 1.08. The van der Waals surface area contributed by atoms with Crippen LogP contribution in [-0.4, -0.2) is 51.0 Å². The minimum absolute atomic E-state index is 0.0298. The molecule has 0 fully saturated rings. The molecule has 0 spiro atoms. The fraction of sp³-hybridized carbons (Fsp3) is 0.571. The van der Waals surface area contributed by atoms with E-state index in [1.807, 2.05) is 13.8 Å². The standard InChI is InChI=1S/C21H33N3O5/c1-5-12(3)17(22)19(26)24(20(27)18(23)13(4)6-2)16(21(28)29)11-14-7-9-15(25)10-8-14/h7-10,12-13,16-18,25H,5-6,11,22-23H2,1-4H3,(H,28,29). The number of phenols is 1. The maximum Gasteiger partial charge on any atom is 0.327 e. The number of hydrogen-bond donors (Lipinski definition) is 4. The number of nitrogens with zero attached hydrogens (tertiary/aromatic N) is 1. The Bertz CT molecular complexity index is 679. The van der Waals surface area contributed by atoms with Gasteiger partial charge in [-0.3, -0.25) is 14.5 Å². The lowest BCUT2D eigenvalue weighted by atomic mass is 9.94. The lowest BCUT2D eigenvalue weighted by Gasteiger charge is -2.34. The molecule has 0 heterocycles. The van der Waals surface area contributed by atoms with Gasteiger partial charge in [0, 0.05) is 6.42 Å². The van der Waals surface area contributed by atoms with Crippen molar-refractivity contribution in [2.75, 3.05) is 0 Å². The number of aliphatic carboxylic acids is 1. The van der Waals surface area contributed by atoms with Gasteiger partial charge in [-0.15, -0.1) is 0 Å². The number of carboxylic acids is 1. The Morgan fingerprint density at radius 3 is 1.69 bits per heavy atom. The molecule has 162 valence electrons. The summed E-state index contributed by atoms with van der Waals surface area (Å²) in [5, 5.41) is 19.3. The number of aromatic hydroxyl groups is 1. The number of nitrogens with two attached hydrogens (primary N) is 2. The van der Waals surface area contributed by atoms with Crippen LogP contribution >= 0.6 is 0 Å². The molecular weight excluding hydrogens is 374 g/mol. The minimum Gasteiger partial charge on any atom is -0.508 e. The summed E-state index contributed by atoms with van der Waals surface area (Å²) in [7, 11) is 0. The summed E-state index contributed by atoms with van der Waals surface area (Å²) < 4.78 is 0. The second-order valence-corrected chi connectivity index (χ2v) is 7.59. The molecule has 0 bridgehead atoms. The smallest absolute Gasteiger partial charge is 0.327 e. The second kappa shape index (κ2) is 10.9. The second-order valence-electron chi connectivity index (χ2n) is 7.59. The zero-order chi connectivity index (χ0) is 22.3. The molecule has 0 radical (unpaired) electrons. The van der Waals surface area contributed by atoms with Crippen molar-refractivity contribution in [2.24, 2.45) is 23.3 Å². The number of carboxylic acid groups (broad SMARTS) is 1. The Kier molecular flexibility index (Phi) is 9.26. The van der Waals surface area contributed by atoms with Crippen molar-refractivity contribution in [2.45, 2.75) is 65.1 Å². The zero-order valence-electron chi connectivity index (χ0n) is 17.5. The number of carbonyl (C=O) groups excluding carboxylic acids is 2. The van der Waals surface area contributed by atoms with E-state index in [1.54, 1.807) is 26.0 Å². The molecule has 29 heavy (non-hydrogen) atoms. The molecule has 0 aromatic heterocycles. The van der Waals surface area contributed by atoms with Crippen LogP contribution in [0.5, 0.6) is 5.75 Å². The highest BCUT2D eigenvalue weighted by molar-refractivity contribution is 6.03. The van der Waals surface area contributed by atoms with Crippen molar-refractivity contribution in [3.8, 4) is 5.75 Å². The van der Waals surface area contributed by atoms with Crippen LogP contribution in [0.3, 0.4) is 0 Å². The molecule has 5 atom stereocenters. The van der Waals surface area contributed by atoms with Crippen molar-refractivity contribution < 1.29 is 24.6 Å². The quantitative estimate of drug-likeness (QED) is 0.459. The van der Waals surface area contributed by atoms with Crippen molar-refractivity contribution in [3.63, 3.8) is 0 Å². The van der Waals surface area contributed by atoms with Crippen molar-refractivity contribution in [1.82, 2.24) is 4.90 Å². The summed E-state index contributed by atoms with van der Waals surface area (Å²) in [5.41, 5.74) is 12.7. The van der Waals surface area contributed by atoms with Crippen LogP contribution in [0.1, 0.15) is 46.1 Å². The minimum atomic E-state index is -1.45. The number of amides is 2. The van der Waals surface area contributed by atoms with Gasteiger partial charge in [0.1, 0.15) is 11.8 Å². The number of carbonyl (C=O) groups is 3. The zero-order valence-corrected chi connectivity index (χ0v) is 17.5. The Hall–Kier alpha value is -2.45. The van der Waals surface area contributed by atoms with Crippen molar-refractivity contribution in [3.05, 3.63) is 29.8 Å². The molecule has 5 unspecified atom stereocenters. The van der Waals surface area contributed by atoms with Crippen LogP contribution in [0.4, 0.5) is 0 Å². The highest BCUT2D eigenvalue weighted by Gasteiger charge is 2.41. The summed E-state index contributed by atoms with van der Waals surface area (Å²) in [4.78, 5) is 39.0. The van der Waals surface area contributed by atoms with Crippen LogP contribution < -0.4 is 11.5 Å². The van der Waals surface area contributed by atoms with Crippen LogP contribution in [0.2, 0.25) is 0 Å². The normalized spacial score (nSPS) is 16.3. The van der Waals surface area contributed by atoms with E-state index in [4.69, 9.17) is 11.5 Å². The third-order valence-corrected chi connectivity index (χ3v) is 5.52. The number of hydrogen-bond acceptors (Lipinski definition) is 6. The van der Waals surface area contributed by atoms with Crippen LogP contribution in [0.25, 0.3) is 0 Å². The van der Waals surface area contributed by atoms with Crippen molar-refractivity contribution >= 4 is 17.8 Å². The Balaban J connectivity index is 3.36. The predicted molar refractivity (Wildman–Crippen MR) is 110 cm³/mol. The third-order valence-electron chi connectivity index (χ3n) is 5.52. The van der Waals surface area contributed by atoms with Gasteiger partial charge in [0.25, 0.3) is 0 Å². The molecule has 0 saturated heterocycles. The predicted octanol–water partition coefficient (Wildman–Crippen LogP) is 1.49. The Labute approximate surface area is 171 Å². The Morgan fingerprint density at radius 2 is 1.34 bits per heavy atom. The van der Waals surface area contributed by atoms with Crippen molar-refractivity contribution in [1.29, 1.82) is 0 Å². The van der Waals surface area contributed by atoms with Gasteiger partial charge in [0.15, 0.2) is 0 Å². The molecule has 6 N–H and O–H groups in total. The molecule has 1 rings (SSSR count). The SMILES string of the molecule is CCC(C)C(N)C(=O)N(C(=O)C(N)C(C)CC)C(Cc1ccc(O)cc1)C(=O)O. The number of rotatable bonds is 10. The van der Waals surface area contributed by atoms with Gasteiger partial charge in [-0.25, -0.2) is 4.79 Å². The molecule has 8 nitrogen and oxygen atoms in total. The molecule has 0 aliphatic heterocycles. The molecule has 0 aliphatic rings. The van der Waals surface area contributed by atoms with Gasteiger partial charge in [0.2, 0.25) is 11.8 Å². The van der Waals surface area contributed by atoms with Gasteiger partial charge in [0.05, 0.1) is 12.1 Å². The fourth-order valence-electron chi connectivity index (χ4n) is 2.88. The lowest BCUT2D eigenvalue weighted by Crippen LogP contribution is -2.60. The van der Waals surface area contributed by atoms with Gasteiger partial charge in [-0.2, -0.15) is 0 Å². The maximum absolute atomic E-state index is 13.1. The highest BCUT2D eigenvalue weighted by Crippen LogP contribution is 2.19. The summed E-state index contributed by atoms with van der Waals surface area (Å²) in [5.74, 6) is -3.25. The van der Waals surface area contributed by atoms with Gasteiger partial charge in [-0.1, -0.05) is 52.7 Å². The molecule has 1 aromatic carbocycles. The first-order chi connectivity index (χ1) is 13.5. The Morgan fingerprint density at radius 1 is 0.931 bits per heavy atom. The molecular formula is C21H33N3O5. The van der Waals surface area contributed by atoms with E-state index in [-0.39, 0.29) is 24.0 Å². The van der Waals surface area contributed by atoms with E-state index in [1.165, 1.54) is 12.1 Å². The average molecular weight is 408 g/mol. The first-order valence-corrected chi connectivity index (χ1v) is 9.93. The van der Waals surface area contributed by atoms with E-state index in [0.717, 1.165) is 4.90 Å². The first-order valence-electron chi connectivity index (χ1n) is 9.93. The summed E-state index contributed by atoms with van der Waals surface area (Å²) >= 11 is 0. The van der Waals surface area contributed by atoms with Gasteiger partial charge in [-0.05, 0) is 29.5 Å². The molecule has 8 heteroatoms. The van der Waals surface area contributed by atoms with Gasteiger partial charge >= 0.3 is 5.97 Å².